The van der Waals surface area contributed by atoms with Crippen molar-refractivity contribution in [1.82, 2.24) is 0 Å². The van der Waals surface area contributed by atoms with Crippen molar-refractivity contribution in [3.05, 3.63) is 37.3 Å². The van der Waals surface area contributed by atoms with Crippen molar-refractivity contribution in [1.29, 1.82) is 0 Å². The van der Waals surface area contributed by atoms with Gasteiger partial charge in [-0.2, -0.15) is 0 Å². The van der Waals surface area contributed by atoms with Crippen LogP contribution in [-0.2, 0) is 4.74 Å². The van der Waals surface area contributed by atoms with E-state index in [1.807, 2.05) is 30.3 Å². The van der Waals surface area contributed by atoms with Crippen molar-refractivity contribution in [2.24, 2.45) is 0 Å². The molecule has 0 saturated heterocycles. The molecule has 0 heterocycles. The Balaban J connectivity index is 1.82. The lowest BCUT2D eigenvalue weighted by Gasteiger charge is -2.06. The normalized spacial score (nSPS) is 10.5. The smallest absolute Gasteiger partial charge is 0.119 e. The molecule has 1 aromatic carbocycles. The summed E-state index contributed by atoms with van der Waals surface area (Å²) in [7, 11) is 0. The predicted octanol–water partition coefficient (Wildman–Crippen LogP) is 4.26. The molecule has 0 unspecified atom stereocenters. The van der Waals surface area contributed by atoms with E-state index >= 15 is 0 Å². The molecule has 0 amide bonds. The minimum absolute atomic E-state index is 0.630. The Morgan fingerprint density at radius 1 is 0.778 bits per heavy atom. The molecular weight excluding hydrogens is 224 g/mol. The number of rotatable bonds is 11. The third kappa shape index (κ3) is 8.13. The molecule has 0 aliphatic heterocycles. The molecular formula is C16H25O2. The number of hydrogen-bond acceptors (Lipinski definition) is 2. The molecule has 0 fully saturated rings. The molecule has 2 nitrogen and oxygen atoms in total. The first-order valence-corrected chi connectivity index (χ1v) is 6.98. The average molecular weight is 249 g/mol. The SMILES string of the molecule is [CH2]CCCCCCCOCCOc1ccccc1. The van der Waals surface area contributed by atoms with E-state index in [0.717, 1.165) is 25.2 Å². The van der Waals surface area contributed by atoms with Crippen LogP contribution in [0.15, 0.2) is 30.3 Å². The Morgan fingerprint density at radius 2 is 1.50 bits per heavy atom. The van der Waals surface area contributed by atoms with Gasteiger partial charge in [-0.05, 0) is 18.6 Å². The molecule has 0 saturated carbocycles. The first kappa shape index (κ1) is 15.0. The van der Waals surface area contributed by atoms with Crippen LogP contribution in [-0.4, -0.2) is 19.8 Å². The summed E-state index contributed by atoms with van der Waals surface area (Å²) in [5.74, 6) is 0.911. The summed E-state index contributed by atoms with van der Waals surface area (Å²) in [6, 6.07) is 9.85. The third-order valence-corrected chi connectivity index (χ3v) is 2.78. The van der Waals surface area contributed by atoms with Gasteiger partial charge in [0, 0.05) is 6.61 Å². The Labute approximate surface area is 111 Å². The molecule has 101 valence electrons. The molecule has 0 aliphatic carbocycles. The molecule has 1 rings (SSSR count). The highest BCUT2D eigenvalue weighted by atomic mass is 16.5. The lowest BCUT2D eigenvalue weighted by molar-refractivity contribution is 0.0971. The summed E-state index contributed by atoms with van der Waals surface area (Å²) < 4.78 is 11.1. The summed E-state index contributed by atoms with van der Waals surface area (Å²) in [6.45, 7) is 5.99. The standard InChI is InChI=1S/C16H25O2/c1-2-3-4-5-6-10-13-17-14-15-18-16-11-8-7-9-12-16/h7-9,11-12H,1-6,10,13-15H2. The fourth-order valence-corrected chi connectivity index (χ4v) is 1.75. The summed E-state index contributed by atoms with van der Waals surface area (Å²) in [5.41, 5.74) is 0. The second-order valence-corrected chi connectivity index (χ2v) is 4.40. The van der Waals surface area contributed by atoms with Gasteiger partial charge in [0.05, 0.1) is 6.61 Å². The van der Waals surface area contributed by atoms with Crippen LogP contribution < -0.4 is 4.74 Å². The van der Waals surface area contributed by atoms with Crippen LogP contribution in [0, 0.1) is 6.92 Å². The lowest BCUT2D eigenvalue weighted by atomic mass is 10.1. The number of hydrogen-bond donors (Lipinski definition) is 0. The van der Waals surface area contributed by atoms with Gasteiger partial charge in [0.25, 0.3) is 0 Å². The van der Waals surface area contributed by atoms with Gasteiger partial charge in [-0.1, -0.05) is 57.2 Å². The number of unbranched alkanes of at least 4 members (excludes halogenated alkanes) is 5. The second kappa shape index (κ2) is 11.1. The number of para-hydroxylation sites is 1. The molecule has 2 heteroatoms. The van der Waals surface area contributed by atoms with E-state index in [4.69, 9.17) is 9.47 Å². The maximum Gasteiger partial charge on any atom is 0.119 e. The van der Waals surface area contributed by atoms with E-state index in [1.54, 1.807) is 0 Å². The molecule has 18 heavy (non-hydrogen) atoms. The van der Waals surface area contributed by atoms with Crippen molar-refractivity contribution < 1.29 is 9.47 Å². The summed E-state index contributed by atoms with van der Waals surface area (Å²) in [6.07, 6.45) is 7.35. The monoisotopic (exact) mass is 249 g/mol. The van der Waals surface area contributed by atoms with Crippen LogP contribution in [0.25, 0.3) is 0 Å². The second-order valence-electron chi connectivity index (χ2n) is 4.40. The highest BCUT2D eigenvalue weighted by Crippen LogP contribution is 2.08. The Kier molecular flexibility index (Phi) is 9.27. The van der Waals surface area contributed by atoms with E-state index < -0.39 is 0 Å². The molecule has 0 spiro atoms. The molecule has 0 aromatic heterocycles. The molecule has 1 radical (unpaired) electrons. The van der Waals surface area contributed by atoms with Crippen LogP contribution in [0.4, 0.5) is 0 Å². The lowest BCUT2D eigenvalue weighted by Crippen LogP contribution is -2.07. The average Bonchev–Trinajstić information content (AvgIpc) is 2.42. The van der Waals surface area contributed by atoms with Gasteiger partial charge in [0.15, 0.2) is 0 Å². The fourth-order valence-electron chi connectivity index (χ4n) is 1.75. The zero-order valence-corrected chi connectivity index (χ0v) is 11.3. The first-order valence-electron chi connectivity index (χ1n) is 6.98. The topological polar surface area (TPSA) is 18.5 Å². The minimum Gasteiger partial charge on any atom is -0.491 e. The van der Waals surface area contributed by atoms with Crippen LogP contribution in [0.1, 0.15) is 38.5 Å². The Morgan fingerprint density at radius 3 is 2.28 bits per heavy atom. The van der Waals surface area contributed by atoms with Crippen molar-refractivity contribution >= 4 is 0 Å². The third-order valence-electron chi connectivity index (χ3n) is 2.78. The van der Waals surface area contributed by atoms with Gasteiger partial charge in [-0.25, -0.2) is 0 Å². The Hall–Kier alpha value is -1.02. The summed E-state index contributed by atoms with van der Waals surface area (Å²) >= 11 is 0. The quantitative estimate of drug-likeness (QED) is 0.546. The predicted molar refractivity (Wildman–Crippen MR) is 75.8 cm³/mol. The van der Waals surface area contributed by atoms with Crippen molar-refractivity contribution in [2.45, 2.75) is 38.5 Å². The van der Waals surface area contributed by atoms with Gasteiger partial charge in [0.1, 0.15) is 12.4 Å². The molecule has 0 aliphatic rings. The van der Waals surface area contributed by atoms with Gasteiger partial charge < -0.3 is 9.47 Å². The maximum atomic E-state index is 5.53. The summed E-state index contributed by atoms with van der Waals surface area (Å²) in [4.78, 5) is 0. The highest BCUT2D eigenvalue weighted by molar-refractivity contribution is 5.20. The molecule has 0 bridgehead atoms. The van der Waals surface area contributed by atoms with Crippen LogP contribution in [0.2, 0.25) is 0 Å². The van der Waals surface area contributed by atoms with E-state index in [0.29, 0.717) is 13.2 Å². The van der Waals surface area contributed by atoms with Crippen molar-refractivity contribution in [3.8, 4) is 5.75 Å². The van der Waals surface area contributed by atoms with Gasteiger partial charge >= 0.3 is 0 Å². The van der Waals surface area contributed by atoms with E-state index in [2.05, 4.69) is 6.92 Å². The largest absolute Gasteiger partial charge is 0.491 e. The zero-order valence-electron chi connectivity index (χ0n) is 11.3. The van der Waals surface area contributed by atoms with E-state index in [9.17, 15) is 0 Å². The van der Waals surface area contributed by atoms with E-state index in [-0.39, 0.29) is 0 Å². The zero-order chi connectivity index (χ0) is 12.9. The number of ether oxygens (including phenoxy) is 2. The van der Waals surface area contributed by atoms with E-state index in [1.165, 1.54) is 25.7 Å². The van der Waals surface area contributed by atoms with Gasteiger partial charge in [-0.3, -0.25) is 0 Å². The first-order chi connectivity index (χ1) is 8.93. The van der Waals surface area contributed by atoms with Gasteiger partial charge in [-0.15, -0.1) is 0 Å². The summed E-state index contributed by atoms with van der Waals surface area (Å²) in [5, 5.41) is 0. The Bertz CT molecular complexity index is 272. The molecule has 0 N–H and O–H groups in total. The molecule has 1 aromatic rings. The molecule has 0 atom stereocenters. The van der Waals surface area contributed by atoms with Crippen molar-refractivity contribution in [3.63, 3.8) is 0 Å². The minimum atomic E-state index is 0.630. The maximum absolute atomic E-state index is 5.53. The van der Waals surface area contributed by atoms with Crippen molar-refractivity contribution in [2.75, 3.05) is 19.8 Å². The highest BCUT2D eigenvalue weighted by Gasteiger charge is 1.93. The van der Waals surface area contributed by atoms with Crippen LogP contribution in [0.3, 0.4) is 0 Å². The van der Waals surface area contributed by atoms with Gasteiger partial charge in [0.2, 0.25) is 0 Å². The number of benzene rings is 1. The van der Waals surface area contributed by atoms with Crippen LogP contribution in [0.5, 0.6) is 5.75 Å². The fraction of sp³-hybridized carbons (Fsp3) is 0.562. The van der Waals surface area contributed by atoms with Crippen LogP contribution >= 0.6 is 0 Å².